The van der Waals surface area contributed by atoms with E-state index in [1.54, 1.807) is 6.42 Å². The van der Waals surface area contributed by atoms with Crippen molar-refractivity contribution in [3.05, 3.63) is 0 Å². The van der Waals surface area contributed by atoms with Crippen molar-refractivity contribution in [3.63, 3.8) is 0 Å². The molecule has 2 fully saturated rings. The van der Waals surface area contributed by atoms with E-state index in [4.69, 9.17) is 0 Å². The first kappa shape index (κ1) is 11.0. The summed E-state index contributed by atoms with van der Waals surface area (Å²) < 4.78 is 0. The molecule has 0 amide bonds. The zero-order valence-corrected chi connectivity index (χ0v) is 6.43. The summed E-state index contributed by atoms with van der Waals surface area (Å²) in [6.07, 6.45) is 4.63. The van der Waals surface area contributed by atoms with E-state index in [1.807, 2.05) is 0 Å². The summed E-state index contributed by atoms with van der Waals surface area (Å²) in [5.41, 5.74) is 0. The summed E-state index contributed by atoms with van der Waals surface area (Å²) >= 11 is 0. The van der Waals surface area contributed by atoms with Crippen molar-refractivity contribution in [3.8, 4) is 0 Å². The molecule has 0 spiro atoms. The topological polar surface area (TPSA) is 0 Å². The third-order valence-electron chi connectivity index (χ3n) is 3.83. The summed E-state index contributed by atoms with van der Waals surface area (Å²) in [4.78, 5) is 0. The summed E-state index contributed by atoms with van der Waals surface area (Å²) in [5.74, 6) is 4.32. The smallest absolute Gasteiger partial charge is 0.0383 e. The van der Waals surface area contributed by atoms with E-state index in [-0.39, 0.29) is 14.9 Å². The van der Waals surface area contributed by atoms with Crippen LogP contribution in [0.5, 0.6) is 0 Å². The van der Waals surface area contributed by atoms with Crippen molar-refractivity contribution < 1.29 is 0 Å². The molecular weight excluding hydrogens is 132 g/mol. The van der Waals surface area contributed by atoms with Crippen LogP contribution in [-0.2, 0) is 0 Å². The maximum Gasteiger partial charge on any atom is -0.0383 e. The Hall–Kier alpha value is 0. The number of fused-ring (bicyclic) bond motifs is 2. The van der Waals surface area contributed by atoms with E-state index < -0.39 is 0 Å². The summed E-state index contributed by atoms with van der Waals surface area (Å²) in [6, 6.07) is 0. The predicted octanol–water partition coefficient (Wildman–Crippen LogP) is 3.96. The highest BCUT2D eigenvalue weighted by Crippen LogP contribution is 2.51. The molecule has 0 heteroatoms. The van der Waals surface area contributed by atoms with Crippen molar-refractivity contribution in [1.82, 2.24) is 0 Å². The number of rotatable bonds is 0. The van der Waals surface area contributed by atoms with Gasteiger partial charge in [-0.25, -0.2) is 0 Å². The van der Waals surface area contributed by atoms with Gasteiger partial charge in [0.15, 0.2) is 0 Å². The number of hydrogen-bond donors (Lipinski definition) is 0. The standard InChI is InChI=1S/C9H16.2CH4/c1-6-7(2)9-4-3-8(6)5-9;;/h6-9H,3-5H2,1-2H3;2*1H4. The van der Waals surface area contributed by atoms with Crippen molar-refractivity contribution in [2.75, 3.05) is 0 Å². The minimum absolute atomic E-state index is 0. The predicted molar refractivity (Wildman–Crippen MR) is 52.6 cm³/mol. The maximum atomic E-state index is 2.44. The van der Waals surface area contributed by atoms with Gasteiger partial charge in [-0.15, -0.1) is 0 Å². The van der Waals surface area contributed by atoms with Gasteiger partial charge < -0.3 is 0 Å². The Labute approximate surface area is 72.4 Å². The minimum atomic E-state index is 0. The Morgan fingerprint density at radius 2 is 1.18 bits per heavy atom. The normalized spacial score (nSPS) is 46.4. The molecule has 4 atom stereocenters. The first-order chi connectivity index (χ1) is 4.29. The molecule has 2 bridgehead atoms. The second kappa shape index (κ2) is 3.60. The molecular formula is C11H24. The van der Waals surface area contributed by atoms with E-state index in [9.17, 15) is 0 Å². The van der Waals surface area contributed by atoms with Crippen molar-refractivity contribution >= 4 is 0 Å². The average Bonchev–Trinajstić information content (AvgIpc) is 2.37. The van der Waals surface area contributed by atoms with Crippen molar-refractivity contribution in [2.24, 2.45) is 23.7 Å². The monoisotopic (exact) mass is 156 g/mol. The van der Waals surface area contributed by atoms with E-state index in [0.29, 0.717) is 0 Å². The Morgan fingerprint density at radius 3 is 1.36 bits per heavy atom. The molecule has 4 unspecified atom stereocenters. The summed E-state index contributed by atoms with van der Waals surface area (Å²) in [5, 5.41) is 0. The van der Waals surface area contributed by atoms with Crippen LogP contribution in [0.2, 0.25) is 0 Å². The molecule has 0 aromatic carbocycles. The quantitative estimate of drug-likeness (QED) is 0.498. The molecule has 0 heterocycles. The average molecular weight is 156 g/mol. The fourth-order valence-electron chi connectivity index (χ4n) is 2.87. The van der Waals surface area contributed by atoms with Gasteiger partial charge in [0.25, 0.3) is 0 Å². The van der Waals surface area contributed by atoms with Crippen LogP contribution in [-0.4, -0.2) is 0 Å². The zero-order chi connectivity index (χ0) is 6.43. The fraction of sp³-hybridized carbons (Fsp3) is 1.00. The molecule has 0 aliphatic heterocycles. The Kier molecular flexibility index (Phi) is 3.60. The van der Waals surface area contributed by atoms with Gasteiger partial charge in [0.2, 0.25) is 0 Å². The van der Waals surface area contributed by atoms with Crippen molar-refractivity contribution in [1.29, 1.82) is 0 Å². The van der Waals surface area contributed by atoms with Gasteiger partial charge in [-0.2, -0.15) is 0 Å². The van der Waals surface area contributed by atoms with Gasteiger partial charge in [-0.05, 0) is 42.9 Å². The molecule has 0 saturated heterocycles. The zero-order valence-electron chi connectivity index (χ0n) is 6.43. The second-order valence-corrected chi connectivity index (χ2v) is 4.05. The summed E-state index contributed by atoms with van der Waals surface area (Å²) in [6.45, 7) is 4.88. The third-order valence-corrected chi connectivity index (χ3v) is 3.83. The molecule has 0 radical (unpaired) electrons. The highest BCUT2D eigenvalue weighted by atomic mass is 14.5. The molecule has 68 valence electrons. The second-order valence-electron chi connectivity index (χ2n) is 4.05. The molecule has 0 nitrogen and oxygen atoms in total. The SMILES string of the molecule is C.C.CC1C2CCC(C2)C1C. The molecule has 2 aliphatic carbocycles. The molecule has 2 aliphatic rings. The van der Waals surface area contributed by atoms with Crippen LogP contribution >= 0.6 is 0 Å². The highest BCUT2D eigenvalue weighted by molar-refractivity contribution is 4.92. The molecule has 2 rings (SSSR count). The number of hydrogen-bond acceptors (Lipinski definition) is 0. The highest BCUT2D eigenvalue weighted by Gasteiger charge is 2.42. The van der Waals surface area contributed by atoms with E-state index >= 15 is 0 Å². The Morgan fingerprint density at radius 1 is 0.818 bits per heavy atom. The van der Waals surface area contributed by atoms with E-state index in [1.165, 1.54) is 12.8 Å². The lowest BCUT2D eigenvalue weighted by Crippen LogP contribution is -2.15. The first-order valence-electron chi connectivity index (χ1n) is 4.29. The largest absolute Gasteiger partial charge is 0.0776 e. The van der Waals surface area contributed by atoms with E-state index in [0.717, 1.165) is 23.7 Å². The van der Waals surface area contributed by atoms with Gasteiger partial charge in [-0.1, -0.05) is 28.7 Å². The van der Waals surface area contributed by atoms with Gasteiger partial charge >= 0.3 is 0 Å². The van der Waals surface area contributed by atoms with Crippen molar-refractivity contribution in [2.45, 2.75) is 48.0 Å². The van der Waals surface area contributed by atoms with Gasteiger partial charge in [-0.3, -0.25) is 0 Å². The van der Waals surface area contributed by atoms with Crippen LogP contribution in [0.25, 0.3) is 0 Å². The summed E-state index contributed by atoms with van der Waals surface area (Å²) in [7, 11) is 0. The molecule has 2 saturated carbocycles. The van der Waals surface area contributed by atoms with Gasteiger partial charge in [0, 0.05) is 0 Å². The Bertz CT molecular complexity index is 99.2. The fourth-order valence-corrected chi connectivity index (χ4v) is 2.87. The van der Waals surface area contributed by atoms with Crippen LogP contribution < -0.4 is 0 Å². The minimum Gasteiger partial charge on any atom is -0.0776 e. The van der Waals surface area contributed by atoms with Gasteiger partial charge in [0.05, 0.1) is 0 Å². The lowest BCUT2D eigenvalue weighted by Gasteiger charge is -2.24. The Balaban J connectivity index is 0.000000500. The van der Waals surface area contributed by atoms with Crippen LogP contribution in [0, 0.1) is 23.7 Å². The van der Waals surface area contributed by atoms with Crippen LogP contribution in [0.3, 0.4) is 0 Å². The van der Waals surface area contributed by atoms with Gasteiger partial charge in [0.1, 0.15) is 0 Å². The van der Waals surface area contributed by atoms with Crippen LogP contribution in [0.1, 0.15) is 48.0 Å². The molecule has 0 aromatic rings. The van der Waals surface area contributed by atoms with Crippen LogP contribution in [0.4, 0.5) is 0 Å². The maximum absolute atomic E-state index is 2.44. The lowest BCUT2D eigenvalue weighted by atomic mass is 9.82. The van der Waals surface area contributed by atoms with Crippen LogP contribution in [0.15, 0.2) is 0 Å². The molecule has 0 aromatic heterocycles. The molecule has 0 N–H and O–H groups in total. The molecule has 11 heavy (non-hydrogen) atoms. The van der Waals surface area contributed by atoms with E-state index in [2.05, 4.69) is 13.8 Å². The lowest BCUT2D eigenvalue weighted by molar-refractivity contribution is 0.259. The first-order valence-corrected chi connectivity index (χ1v) is 4.29. The third kappa shape index (κ3) is 1.45.